The molecular weight excluding hydrogens is 461 g/mol. The van der Waals surface area contributed by atoms with Gasteiger partial charge < -0.3 is 23.8 Å². The minimum atomic E-state index is -0.341. The Labute approximate surface area is 209 Å². The van der Waals surface area contributed by atoms with Gasteiger partial charge in [-0.25, -0.2) is 4.39 Å². The van der Waals surface area contributed by atoms with Gasteiger partial charge in [0, 0.05) is 49.9 Å². The zero-order valence-electron chi connectivity index (χ0n) is 20.8. The maximum Gasteiger partial charge on any atom is 0.271 e. The summed E-state index contributed by atoms with van der Waals surface area (Å²) in [5.74, 6) is 0.751. The van der Waals surface area contributed by atoms with E-state index in [1.54, 1.807) is 41.9 Å². The summed E-state index contributed by atoms with van der Waals surface area (Å²) in [6.07, 6.45) is 1.30. The van der Waals surface area contributed by atoms with E-state index in [0.29, 0.717) is 56.2 Å². The molecule has 2 aliphatic heterocycles. The van der Waals surface area contributed by atoms with Crippen molar-refractivity contribution in [2.75, 3.05) is 34.4 Å². The van der Waals surface area contributed by atoms with Gasteiger partial charge in [0.05, 0.1) is 14.2 Å². The minimum absolute atomic E-state index is 0.101. The van der Waals surface area contributed by atoms with E-state index in [9.17, 15) is 14.0 Å². The number of methoxy groups -OCH3 is 2. The van der Waals surface area contributed by atoms with Crippen molar-refractivity contribution in [2.45, 2.75) is 32.5 Å². The Kier molecular flexibility index (Phi) is 6.53. The van der Waals surface area contributed by atoms with Crippen LogP contribution in [0.15, 0.2) is 47.3 Å². The zero-order valence-corrected chi connectivity index (χ0v) is 20.8. The molecule has 0 N–H and O–H groups in total. The van der Waals surface area contributed by atoms with Crippen molar-refractivity contribution in [3.63, 3.8) is 0 Å². The van der Waals surface area contributed by atoms with Crippen LogP contribution in [0.3, 0.4) is 0 Å². The molecule has 0 bridgehead atoms. The molecule has 0 atom stereocenters. The molecule has 5 rings (SSSR count). The Bertz CT molecular complexity index is 1340. The second kappa shape index (κ2) is 9.78. The number of benzene rings is 2. The Balaban J connectivity index is 1.65. The molecule has 1 amide bonds. The van der Waals surface area contributed by atoms with E-state index in [1.165, 1.54) is 12.1 Å². The number of ether oxygens (including phenoxy) is 2. The highest BCUT2D eigenvalue weighted by atomic mass is 19.1. The van der Waals surface area contributed by atoms with Crippen molar-refractivity contribution in [1.82, 2.24) is 14.4 Å². The number of likely N-dealkylation sites (N-methyl/N-ethyl adjacent to an activating group) is 1. The van der Waals surface area contributed by atoms with Gasteiger partial charge in [0.25, 0.3) is 11.5 Å². The summed E-state index contributed by atoms with van der Waals surface area (Å²) in [7, 11) is 5.17. The summed E-state index contributed by atoms with van der Waals surface area (Å²) in [5.41, 5.74) is 4.29. The van der Waals surface area contributed by atoms with Crippen LogP contribution in [0.2, 0.25) is 0 Å². The third kappa shape index (κ3) is 4.37. The van der Waals surface area contributed by atoms with Gasteiger partial charge in [0.1, 0.15) is 23.0 Å². The third-order valence-corrected chi connectivity index (χ3v) is 7.06. The van der Waals surface area contributed by atoms with Crippen molar-refractivity contribution in [3.05, 3.63) is 81.0 Å². The van der Waals surface area contributed by atoms with E-state index >= 15 is 0 Å². The third-order valence-electron chi connectivity index (χ3n) is 7.06. The highest BCUT2D eigenvalue weighted by Crippen LogP contribution is 2.34. The van der Waals surface area contributed by atoms with Crippen molar-refractivity contribution in [1.29, 1.82) is 0 Å². The van der Waals surface area contributed by atoms with Crippen LogP contribution in [-0.4, -0.2) is 54.6 Å². The van der Waals surface area contributed by atoms with Gasteiger partial charge in [-0.3, -0.25) is 9.59 Å². The molecular formula is C28H30FN3O4. The minimum Gasteiger partial charge on any atom is -0.497 e. The first-order valence-electron chi connectivity index (χ1n) is 12.1. The Hall–Kier alpha value is -3.65. The number of amides is 1. The van der Waals surface area contributed by atoms with Crippen molar-refractivity contribution < 1.29 is 18.7 Å². The van der Waals surface area contributed by atoms with E-state index in [-0.39, 0.29) is 17.3 Å². The first-order valence-corrected chi connectivity index (χ1v) is 12.1. The molecule has 0 saturated heterocycles. The molecule has 0 saturated carbocycles. The lowest BCUT2D eigenvalue weighted by Gasteiger charge is -2.30. The maximum atomic E-state index is 14.1. The number of nitrogens with zero attached hydrogens (tertiary/aromatic N) is 3. The maximum absolute atomic E-state index is 14.1. The first-order chi connectivity index (χ1) is 17.4. The molecule has 1 aromatic heterocycles. The molecule has 0 fully saturated rings. The number of halogens is 1. The standard InChI is InChI=1S/C28H30FN3O4/c1-30-12-9-23-24(17-30)27(33)32-11-4-10-31(16-18-13-21(35-2)15-22(14-18)36-3)28(34)26(32)25(23)19-5-7-20(29)8-6-19/h5-8,13-15H,4,9-12,16-17H2,1-3H3. The molecule has 0 unspecified atom stereocenters. The molecule has 2 aliphatic rings. The topological polar surface area (TPSA) is 64.0 Å². The van der Waals surface area contributed by atoms with E-state index in [1.807, 2.05) is 19.2 Å². The lowest BCUT2D eigenvalue weighted by atomic mass is 9.89. The fourth-order valence-electron chi connectivity index (χ4n) is 5.28. The molecule has 7 nitrogen and oxygen atoms in total. The monoisotopic (exact) mass is 491 g/mol. The van der Waals surface area contributed by atoms with Gasteiger partial charge in [-0.15, -0.1) is 0 Å². The quantitative estimate of drug-likeness (QED) is 0.545. The molecule has 8 heteroatoms. The highest BCUT2D eigenvalue weighted by Gasteiger charge is 2.33. The van der Waals surface area contributed by atoms with Crippen LogP contribution in [0.4, 0.5) is 4.39 Å². The number of pyridine rings is 1. The van der Waals surface area contributed by atoms with E-state index in [2.05, 4.69) is 4.90 Å². The van der Waals surface area contributed by atoms with Gasteiger partial charge in [0.2, 0.25) is 0 Å². The van der Waals surface area contributed by atoms with Crippen LogP contribution < -0.4 is 15.0 Å². The Morgan fingerprint density at radius 2 is 1.61 bits per heavy atom. The van der Waals surface area contributed by atoms with Crippen LogP contribution in [0.1, 0.15) is 33.6 Å². The zero-order chi connectivity index (χ0) is 25.4. The molecule has 188 valence electrons. The largest absolute Gasteiger partial charge is 0.497 e. The fourth-order valence-corrected chi connectivity index (χ4v) is 5.28. The first kappa shape index (κ1) is 24.1. The molecule has 3 aromatic rings. The van der Waals surface area contributed by atoms with Crippen molar-refractivity contribution in [2.24, 2.45) is 0 Å². The SMILES string of the molecule is COc1cc(CN2CCCn3c(c(-c4ccc(F)cc4)c4c(c3=O)CN(C)CC4)C2=O)cc(OC)c1. The summed E-state index contributed by atoms with van der Waals surface area (Å²) in [6, 6.07) is 11.8. The summed E-state index contributed by atoms with van der Waals surface area (Å²) in [5, 5.41) is 0. The number of rotatable bonds is 5. The average molecular weight is 492 g/mol. The second-order valence-corrected chi connectivity index (χ2v) is 9.43. The van der Waals surface area contributed by atoms with Crippen LogP contribution in [-0.2, 0) is 26.1 Å². The van der Waals surface area contributed by atoms with Crippen molar-refractivity contribution >= 4 is 5.91 Å². The predicted molar refractivity (Wildman–Crippen MR) is 135 cm³/mol. The smallest absolute Gasteiger partial charge is 0.271 e. The van der Waals surface area contributed by atoms with E-state index in [4.69, 9.17) is 9.47 Å². The lowest BCUT2D eigenvalue weighted by molar-refractivity contribution is 0.0745. The van der Waals surface area contributed by atoms with E-state index in [0.717, 1.165) is 34.4 Å². The summed E-state index contributed by atoms with van der Waals surface area (Å²) in [6.45, 7) is 2.62. The fraction of sp³-hybridized carbons (Fsp3) is 0.357. The van der Waals surface area contributed by atoms with Gasteiger partial charge >= 0.3 is 0 Å². The lowest BCUT2D eigenvalue weighted by Crippen LogP contribution is -2.39. The number of hydrogen-bond donors (Lipinski definition) is 0. The van der Waals surface area contributed by atoms with Gasteiger partial charge in [-0.2, -0.15) is 0 Å². The van der Waals surface area contributed by atoms with Crippen LogP contribution >= 0.6 is 0 Å². The molecule has 2 aromatic carbocycles. The average Bonchev–Trinajstić information content (AvgIpc) is 3.04. The summed E-state index contributed by atoms with van der Waals surface area (Å²) >= 11 is 0. The predicted octanol–water partition coefficient (Wildman–Crippen LogP) is 3.71. The van der Waals surface area contributed by atoms with Crippen LogP contribution in [0, 0.1) is 5.82 Å². The van der Waals surface area contributed by atoms with Gasteiger partial charge in [-0.1, -0.05) is 12.1 Å². The molecule has 36 heavy (non-hydrogen) atoms. The van der Waals surface area contributed by atoms with Gasteiger partial charge in [-0.05, 0) is 60.8 Å². The summed E-state index contributed by atoms with van der Waals surface area (Å²) in [4.78, 5) is 31.7. The Morgan fingerprint density at radius 3 is 2.28 bits per heavy atom. The molecule has 0 aliphatic carbocycles. The molecule has 0 radical (unpaired) electrons. The second-order valence-electron chi connectivity index (χ2n) is 9.43. The number of aromatic nitrogens is 1. The normalized spacial score (nSPS) is 15.8. The number of carbonyl (C=O) groups excluding carboxylic acids is 1. The number of hydrogen-bond acceptors (Lipinski definition) is 5. The number of carbonyl (C=O) groups is 1. The van der Waals surface area contributed by atoms with Gasteiger partial charge in [0.15, 0.2) is 0 Å². The van der Waals surface area contributed by atoms with Crippen LogP contribution in [0.25, 0.3) is 11.1 Å². The van der Waals surface area contributed by atoms with Crippen LogP contribution in [0.5, 0.6) is 11.5 Å². The molecule has 3 heterocycles. The van der Waals surface area contributed by atoms with Crippen molar-refractivity contribution in [3.8, 4) is 22.6 Å². The number of fused-ring (bicyclic) bond motifs is 2. The Morgan fingerprint density at radius 1 is 0.917 bits per heavy atom. The summed E-state index contributed by atoms with van der Waals surface area (Å²) < 4.78 is 26.3. The highest BCUT2D eigenvalue weighted by molar-refractivity contribution is 6.00. The molecule has 0 spiro atoms. The van der Waals surface area contributed by atoms with E-state index < -0.39 is 0 Å².